The van der Waals surface area contributed by atoms with E-state index in [0.717, 1.165) is 6.07 Å². The summed E-state index contributed by atoms with van der Waals surface area (Å²) < 4.78 is 4.64. The van der Waals surface area contributed by atoms with E-state index in [1.54, 1.807) is 0 Å². The number of furan rings is 1. The maximum absolute atomic E-state index is 10.2. The molecule has 0 saturated carbocycles. The SMILES string of the molecule is O=C(O)C(O)Cc1ccc([N+](=O)[O-])o1. The highest BCUT2D eigenvalue weighted by Crippen LogP contribution is 2.16. The Labute approximate surface area is 77.7 Å². The van der Waals surface area contributed by atoms with Gasteiger partial charge in [-0.25, -0.2) is 4.79 Å². The van der Waals surface area contributed by atoms with Crippen LogP contribution in [0.25, 0.3) is 0 Å². The van der Waals surface area contributed by atoms with Crippen molar-refractivity contribution in [2.45, 2.75) is 12.5 Å². The molecule has 0 aliphatic carbocycles. The van der Waals surface area contributed by atoms with Crippen molar-refractivity contribution in [3.63, 3.8) is 0 Å². The van der Waals surface area contributed by atoms with Crippen LogP contribution in [0.1, 0.15) is 5.76 Å². The molecule has 1 atom stereocenters. The number of carboxylic acid groups (broad SMARTS) is 1. The summed E-state index contributed by atoms with van der Waals surface area (Å²) in [5, 5.41) is 27.4. The molecule has 1 rings (SSSR count). The first-order valence-electron chi connectivity index (χ1n) is 3.64. The third-order valence-electron chi connectivity index (χ3n) is 1.51. The molecule has 0 aliphatic heterocycles. The number of aliphatic hydroxyl groups excluding tert-OH is 1. The Morgan fingerprint density at radius 3 is 2.71 bits per heavy atom. The first-order valence-corrected chi connectivity index (χ1v) is 3.64. The predicted octanol–water partition coefficient (Wildman–Crippen LogP) is 0.176. The largest absolute Gasteiger partial charge is 0.479 e. The van der Waals surface area contributed by atoms with Crippen LogP contribution in [0.5, 0.6) is 0 Å². The highest BCUT2D eigenvalue weighted by atomic mass is 16.6. The van der Waals surface area contributed by atoms with Crippen molar-refractivity contribution < 1.29 is 24.3 Å². The van der Waals surface area contributed by atoms with Crippen LogP contribution in [0.4, 0.5) is 5.88 Å². The molecule has 2 N–H and O–H groups in total. The van der Waals surface area contributed by atoms with E-state index in [2.05, 4.69) is 4.42 Å². The van der Waals surface area contributed by atoms with Crippen LogP contribution in [-0.2, 0) is 11.2 Å². The molecular formula is C7H7NO6. The van der Waals surface area contributed by atoms with Crippen LogP contribution in [0.3, 0.4) is 0 Å². The molecule has 14 heavy (non-hydrogen) atoms. The van der Waals surface area contributed by atoms with E-state index in [4.69, 9.17) is 10.2 Å². The normalized spacial score (nSPS) is 12.4. The van der Waals surface area contributed by atoms with Gasteiger partial charge in [0.25, 0.3) is 0 Å². The Morgan fingerprint density at radius 1 is 1.64 bits per heavy atom. The molecule has 0 radical (unpaired) electrons. The van der Waals surface area contributed by atoms with Gasteiger partial charge in [0, 0.05) is 6.42 Å². The number of hydrogen-bond donors (Lipinski definition) is 2. The van der Waals surface area contributed by atoms with Crippen LogP contribution in [-0.4, -0.2) is 27.2 Å². The molecule has 0 spiro atoms. The van der Waals surface area contributed by atoms with E-state index < -0.39 is 22.9 Å². The molecule has 7 nitrogen and oxygen atoms in total. The molecule has 0 aromatic carbocycles. The van der Waals surface area contributed by atoms with Crippen LogP contribution in [0.15, 0.2) is 16.5 Å². The van der Waals surface area contributed by atoms with Gasteiger partial charge in [-0.15, -0.1) is 0 Å². The minimum Gasteiger partial charge on any atom is -0.479 e. The Hall–Kier alpha value is -1.89. The zero-order valence-corrected chi connectivity index (χ0v) is 6.91. The molecule has 7 heteroatoms. The average molecular weight is 201 g/mol. The second-order valence-electron chi connectivity index (χ2n) is 2.56. The van der Waals surface area contributed by atoms with Gasteiger partial charge >= 0.3 is 11.9 Å². The lowest BCUT2D eigenvalue weighted by Crippen LogP contribution is -2.21. The van der Waals surface area contributed by atoms with E-state index in [9.17, 15) is 14.9 Å². The zero-order chi connectivity index (χ0) is 10.7. The summed E-state index contributed by atoms with van der Waals surface area (Å²) in [6, 6.07) is 2.36. The fourth-order valence-electron chi connectivity index (χ4n) is 0.852. The molecule has 1 unspecified atom stereocenters. The van der Waals surface area contributed by atoms with Gasteiger partial charge in [-0.1, -0.05) is 0 Å². The number of carboxylic acids is 1. The van der Waals surface area contributed by atoms with E-state index >= 15 is 0 Å². The molecule has 0 amide bonds. The summed E-state index contributed by atoms with van der Waals surface area (Å²) >= 11 is 0. The van der Waals surface area contributed by atoms with E-state index in [1.807, 2.05) is 0 Å². The minimum atomic E-state index is -1.61. The number of nitrogens with zero attached hydrogens (tertiary/aromatic N) is 1. The fraction of sp³-hybridized carbons (Fsp3) is 0.286. The van der Waals surface area contributed by atoms with Crippen molar-refractivity contribution in [3.05, 3.63) is 28.0 Å². The summed E-state index contributed by atoms with van der Waals surface area (Å²) in [4.78, 5) is 19.6. The van der Waals surface area contributed by atoms with E-state index in [-0.39, 0.29) is 12.2 Å². The lowest BCUT2D eigenvalue weighted by molar-refractivity contribution is -0.402. The molecule has 1 aromatic heterocycles. The van der Waals surface area contributed by atoms with Crippen molar-refractivity contribution in [1.82, 2.24) is 0 Å². The third kappa shape index (κ3) is 2.30. The van der Waals surface area contributed by atoms with E-state index in [0.29, 0.717) is 0 Å². The van der Waals surface area contributed by atoms with Crippen molar-refractivity contribution >= 4 is 11.9 Å². The Kier molecular flexibility index (Phi) is 2.82. The number of carbonyl (C=O) groups is 1. The van der Waals surface area contributed by atoms with Crippen LogP contribution >= 0.6 is 0 Å². The lowest BCUT2D eigenvalue weighted by atomic mass is 10.2. The van der Waals surface area contributed by atoms with Crippen molar-refractivity contribution in [1.29, 1.82) is 0 Å². The lowest BCUT2D eigenvalue weighted by Gasteiger charge is -2.00. The second kappa shape index (κ2) is 3.88. The van der Waals surface area contributed by atoms with Crippen molar-refractivity contribution in [3.8, 4) is 0 Å². The summed E-state index contributed by atoms with van der Waals surface area (Å²) in [5.41, 5.74) is 0. The van der Waals surface area contributed by atoms with Gasteiger partial charge in [0.2, 0.25) is 0 Å². The summed E-state index contributed by atoms with van der Waals surface area (Å²) in [6.07, 6.45) is -1.90. The summed E-state index contributed by atoms with van der Waals surface area (Å²) in [7, 11) is 0. The maximum atomic E-state index is 10.2. The van der Waals surface area contributed by atoms with Gasteiger partial charge < -0.3 is 14.6 Å². The molecule has 0 bridgehead atoms. The summed E-state index contributed by atoms with van der Waals surface area (Å²) in [5.74, 6) is -1.81. The number of nitro groups is 1. The fourth-order valence-corrected chi connectivity index (χ4v) is 0.852. The smallest absolute Gasteiger partial charge is 0.433 e. The first kappa shape index (κ1) is 10.2. The number of hydrogen-bond acceptors (Lipinski definition) is 5. The van der Waals surface area contributed by atoms with Gasteiger partial charge in [-0.2, -0.15) is 0 Å². The molecule has 0 saturated heterocycles. The molecule has 0 fully saturated rings. The number of aliphatic carboxylic acids is 1. The van der Waals surface area contributed by atoms with Gasteiger partial charge in [-0.3, -0.25) is 10.1 Å². The predicted molar refractivity (Wildman–Crippen MR) is 42.7 cm³/mol. The Morgan fingerprint density at radius 2 is 2.29 bits per heavy atom. The van der Waals surface area contributed by atoms with Gasteiger partial charge in [0.05, 0.1) is 6.07 Å². The van der Waals surface area contributed by atoms with Crippen LogP contribution < -0.4 is 0 Å². The maximum Gasteiger partial charge on any atom is 0.433 e. The first-order chi connectivity index (χ1) is 6.50. The number of rotatable bonds is 4. The Balaban J connectivity index is 2.69. The highest BCUT2D eigenvalue weighted by Gasteiger charge is 2.18. The molecule has 1 heterocycles. The molecular weight excluding hydrogens is 194 g/mol. The Bertz CT molecular complexity index is 357. The second-order valence-corrected chi connectivity index (χ2v) is 2.56. The van der Waals surface area contributed by atoms with E-state index in [1.165, 1.54) is 6.07 Å². The van der Waals surface area contributed by atoms with Crippen molar-refractivity contribution in [2.75, 3.05) is 0 Å². The standard InChI is InChI=1S/C7H7NO6/c9-5(7(10)11)3-4-1-2-6(14-4)8(12)13/h1-2,5,9H,3H2,(H,10,11). The third-order valence-corrected chi connectivity index (χ3v) is 1.51. The monoisotopic (exact) mass is 201 g/mol. The quantitative estimate of drug-likeness (QED) is 0.530. The zero-order valence-electron chi connectivity index (χ0n) is 6.91. The van der Waals surface area contributed by atoms with Gasteiger partial charge in [0.1, 0.15) is 10.7 Å². The number of aliphatic hydroxyl groups is 1. The van der Waals surface area contributed by atoms with Crippen molar-refractivity contribution in [2.24, 2.45) is 0 Å². The van der Waals surface area contributed by atoms with Crippen LogP contribution in [0, 0.1) is 10.1 Å². The summed E-state index contributed by atoms with van der Waals surface area (Å²) in [6.45, 7) is 0. The van der Waals surface area contributed by atoms with Gasteiger partial charge in [-0.05, 0) is 6.07 Å². The minimum absolute atomic E-state index is 0.0617. The molecule has 1 aromatic rings. The van der Waals surface area contributed by atoms with Gasteiger partial charge in [0.15, 0.2) is 6.10 Å². The average Bonchev–Trinajstić information content (AvgIpc) is 2.52. The molecule has 76 valence electrons. The van der Waals surface area contributed by atoms with Crippen LogP contribution in [0.2, 0.25) is 0 Å². The topological polar surface area (TPSA) is 114 Å². The molecule has 0 aliphatic rings. The highest BCUT2D eigenvalue weighted by molar-refractivity contribution is 5.72.